The van der Waals surface area contributed by atoms with Gasteiger partial charge < -0.3 is 5.73 Å². The Labute approximate surface area is 191 Å². The lowest BCUT2D eigenvalue weighted by Gasteiger charge is -2.61. The molecule has 7 atom stereocenters. The van der Waals surface area contributed by atoms with Crippen molar-refractivity contribution in [3.05, 3.63) is 0 Å². The highest BCUT2D eigenvalue weighted by Gasteiger charge is 2.56. The Morgan fingerprint density at radius 1 is 1.13 bits per heavy atom. The van der Waals surface area contributed by atoms with E-state index in [1.807, 2.05) is 13.8 Å². The van der Waals surface area contributed by atoms with E-state index in [1.54, 1.807) is 6.92 Å². The molecular weight excluding hydrogens is 384 g/mol. The Morgan fingerprint density at radius 2 is 1.81 bits per heavy atom. The molecule has 3 saturated carbocycles. The predicted molar refractivity (Wildman–Crippen MR) is 131 cm³/mol. The summed E-state index contributed by atoms with van der Waals surface area (Å²) in [6.07, 6.45) is 11.2. The van der Waals surface area contributed by atoms with Crippen LogP contribution in [0.25, 0.3) is 0 Å². The highest BCUT2D eigenvalue weighted by atomic mass is 16.1. The van der Waals surface area contributed by atoms with Gasteiger partial charge in [0.1, 0.15) is 12.4 Å². The van der Waals surface area contributed by atoms with E-state index in [2.05, 4.69) is 32.8 Å². The van der Waals surface area contributed by atoms with Gasteiger partial charge in [-0.15, -0.1) is 5.10 Å². The number of ketones is 1. The van der Waals surface area contributed by atoms with E-state index >= 15 is 0 Å². The number of hydrogen-bond acceptors (Lipinski definition) is 4. The first-order chi connectivity index (χ1) is 14.6. The molecule has 3 aliphatic rings. The van der Waals surface area contributed by atoms with Crippen LogP contribution in [0.2, 0.25) is 0 Å². The van der Waals surface area contributed by atoms with Crippen LogP contribution >= 0.6 is 0 Å². The highest BCUT2D eigenvalue weighted by Crippen LogP contribution is 2.64. The fourth-order valence-electron chi connectivity index (χ4n) is 7.81. The third kappa shape index (κ3) is 5.64. The van der Waals surface area contributed by atoms with Crippen LogP contribution in [0.15, 0.2) is 5.10 Å². The van der Waals surface area contributed by atoms with Gasteiger partial charge in [-0.05, 0) is 85.9 Å². The van der Waals surface area contributed by atoms with E-state index < -0.39 is 0 Å². The fourth-order valence-corrected chi connectivity index (χ4v) is 7.81. The van der Waals surface area contributed by atoms with Crippen molar-refractivity contribution in [2.75, 3.05) is 6.54 Å². The van der Waals surface area contributed by atoms with E-state index in [1.165, 1.54) is 56.5 Å². The first-order valence-corrected chi connectivity index (χ1v) is 12.9. The molecule has 0 amide bonds. The SMILES string of the molecule is CC.CCC1C2CCC3CC(C)CCC3(C)C2CCC1(C)CC(=O)CN(N)/N=C(/C)N. The molecule has 4 N–H and O–H groups in total. The summed E-state index contributed by atoms with van der Waals surface area (Å²) < 4.78 is 0. The van der Waals surface area contributed by atoms with Gasteiger partial charge in [0.05, 0.1) is 0 Å². The number of carbonyl (C=O) groups is 1. The second-order valence-electron chi connectivity index (χ2n) is 11.2. The average Bonchev–Trinajstić information content (AvgIpc) is 2.68. The van der Waals surface area contributed by atoms with Crippen LogP contribution < -0.4 is 11.6 Å². The van der Waals surface area contributed by atoms with Gasteiger partial charge >= 0.3 is 0 Å². The third-order valence-corrected chi connectivity index (χ3v) is 9.11. The van der Waals surface area contributed by atoms with Gasteiger partial charge in [-0.1, -0.05) is 54.4 Å². The summed E-state index contributed by atoms with van der Waals surface area (Å²) in [5, 5.41) is 5.18. The van der Waals surface area contributed by atoms with Crippen molar-refractivity contribution < 1.29 is 4.79 Å². The van der Waals surface area contributed by atoms with Crippen LogP contribution in [0.1, 0.15) is 106 Å². The molecule has 3 aliphatic carbocycles. The topological polar surface area (TPSA) is 84.7 Å². The second-order valence-corrected chi connectivity index (χ2v) is 11.2. The molecule has 5 nitrogen and oxygen atoms in total. The summed E-state index contributed by atoms with van der Waals surface area (Å²) in [5.41, 5.74) is 6.19. The molecule has 31 heavy (non-hydrogen) atoms. The maximum atomic E-state index is 12.8. The van der Waals surface area contributed by atoms with Gasteiger partial charge in [0.2, 0.25) is 0 Å². The number of hydrogen-bond donors (Lipinski definition) is 2. The molecule has 5 heteroatoms. The summed E-state index contributed by atoms with van der Waals surface area (Å²) in [6, 6.07) is 0. The Kier molecular flexibility index (Phi) is 9.01. The monoisotopic (exact) mass is 434 g/mol. The molecule has 0 saturated heterocycles. The highest BCUT2D eigenvalue weighted by molar-refractivity contribution is 5.81. The van der Waals surface area contributed by atoms with Gasteiger partial charge in [0.15, 0.2) is 5.78 Å². The van der Waals surface area contributed by atoms with Crippen molar-refractivity contribution in [2.45, 2.75) is 106 Å². The maximum absolute atomic E-state index is 12.8. The van der Waals surface area contributed by atoms with Gasteiger partial charge in [-0.3, -0.25) is 4.79 Å². The van der Waals surface area contributed by atoms with Crippen LogP contribution in [0.5, 0.6) is 0 Å². The van der Waals surface area contributed by atoms with Crippen LogP contribution in [0.4, 0.5) is 0 Å². The van der Waals surface area contributed by atoms with E-state index in [0.29, 0.717) is 23.6 Å². The van der Waals surface area contributed by atoms with Crippen LogP contribution in [-0.2, 0) is 4.79 Å². The first-order valence-electron chi connectivity index (χ1n) is 12.9. The number of hydrazone groups is 1. The quantitative estimate of drug-likeness (QED) is 0.242. The normalized spacial score (nSPS) is 40.1. The first kappa shape index (κ1) is 26.2. The lowest BCUT2D eigenvalue weighted by molar-refractivity contribution is -0.136. The number of nitrogens with zero attached hydrogens (tertiary/aromatic N) is 2. The molecule has 0 bridgehead atoms. The molecule has 3 rings (SSSR count). The van der Waals surface area contributed by atoms with E-state index in [0.717, 1.165) is 23.7 Å². The number of Topliss-reactive ketones (excluding diaryl/α,β-unsaturated/α-hetero) is 1. The minimum atomic E-state index is 0.0838. The molecule has 0 heterocycles. The average molecular weight is 435 g/mol. The van der Waals surface area contributed by atoms with Crippen LogP contribution in [-0.4, -0.2) is 23.3 Å². The zero-order chi connectivity index (χ0) is 23.4. The lowest BCUT2D eigenvalue weighted by Crippen LogP contribution is -2.54. The lowest BCUT2D eigenvalue weighted by atomic mass is 9.43. The van der Waals surface area contributed by atoms with Gasteiger partial charge in [-0.25, -0.2) is 11.0 Å². The molecular formula is C26H50N4O. The minimum Gasteiger partial charge on any atom is -0.386 e. The van der Waals surface area contributed by atoms with Gasteiger partial charge in [0.25, 0.3) is 0 Å². The van der Waals surface area contributed by atoms with Crippen molar-refractivity contribution in [1.29, 1.82) is 0 Å². The summed E-state index contributed by atoms with van der Waals surface area (Å²) in [5.74, 6) is 10.5. The molecule has 0 aromatic rings. The zero-order valence-electron chi connectivity index (χ0n) is 21.4. The summed E-state index contributed by atoms with van der Waals surface area (Å²) in [4.78, 5) is 12.8. The van der Waals surface area contributed by atoms with Crippen molar-refractivity contribution in [3.63, 3.8) is 0 Å². The third-order valence-electron chi connectivity index (χ3n) is 9.11. The van der Waals surface area contributed by atoms with Crippen molar-refractivity contribution >= 4 is 11.6 Å². The van der Waals surface area contributed by atoms with E-state index in [-0.39, 0.29) is 17.7 Å². The summed E-state index contributed by atoms with van der Waals surface area (Å²) in [7, 11) is 0. The Hall–Kier alpha value is -1.10. The van der Waals surface area contributed by atoms with E-state index in [4.69, 9.17) is 11.6 Å². The number of carbonyl (C=O) groups excluding carboxylic acids is 1. The standard InChI is InChI=1S/C24H44N4O.C2H6/c1-6-21-20-8-7-18-13-16(2)9-12-24(18,5)22(20)10-11-23(21,4)14-19(29)15-28(26)27-17(3)25;1-2/h16,18,20-22H,6-15,26H2,1-5H3,(H2,25,27);1-2H3. The van der Waals surface area contributed by atoms with Crippen molar-refractivity contribution in [3.8, 4) is 0 Å². The largest absolute Gasteiger partial charge is 0.386 e. The van der Waals surface area contributed by atoms with Crippen molar-refractivity contribution in [1.82, 2.24) is 5.12 Å². The molecule has 0 aliphatic heterocycles. The molecule has 0 spiro atoms. The Balaban J connectivity index is 0.00000166. The predicted octanol–water partition coefficient (Wildman–Crippen LogP) is 5.73. The number of amidine groups is 1. The van der Waals surface area contributed by atoms with E-state index in [9.17, 15) is 4.79 Å². The molecule has 0 aromatic heterocycles. The number of nitrogens with two attached hydrogens (primary N) is 2. The molecule has 180 valence electrons. The zero-order valence-corrected chi connectivity index (χ0v) is 21.4. The smallest absolute Gasteiger partial charge is 0.156 e. The molecule has 0 aromatic carbocycles. The maximum Gasteiger partial charge on any atom is 0.156 e. The summed E-state index contributed by atoms with van der Waals surface area (Å²) >= 11 is 0. The summed E-state index contributed by atoms with van der Waals surface area (Å²) in [6.45, 7) is 15.6. The Bertz CT molecular complexity index is 631. The molecule has 3 fully saturated rings. The van der Waals surface area contributed by atoms with Gasteiger partial charge in [-0.2, -0.15) is 0 Å². The van der Waals surface area contributed by atoms with Crippen molar-refractivity contribution in [2.24, 2.45) is 57.1 Å². The van der Waals surface area contributed by atoms with Crippen LogP contribution in [0, 0.1) is 40.4 Å². The fraction of sp³-hybridized carbons (Fsp3) is 0.923. The minimum absolute atomic E-state index is 0.0838. The van der Waals surface area contributed by atoms with Gasteiger partial charge in [0, 0.05) is 6.42 Å². The molecule has 0 radical (unpaired) electrons. The number of rotatable bonds is 6. The number of hydrazine groups is 1. The Morgan fingerprint density at radius 3 is 2.42 bits per heavy atom. The number of fused-ring (bicyclic) bond motifs is 3. The second kappa shape index (κ2) is 10.7. The molecule has 7 unspecified atom stereocenters. The van der Waals surface area contributed by atoms with Crippen LogP contribution in [0.3, 0.4) is 0 Å².